The number of anilines is 2. The van der Waals surface area contributed by atoms with E-state index >= 15 is 0 Å². The fourth-order valence-electron chi connectivity index (χ4n) is 2.70. The zero-order chi connectivity index (χ0) is 18.9. The third-order valence-electron chi connectivity index (χ3n) is 4.07. The number of aryl methyl sites for hydroxylation is 2. The number of amides is 1. The van der Waals surface area contributed by atoms with Crippen molar-refractivity contribution in [1.29, 1.82) is 0 Å². The number of carbonyl (C=O) groups excluding carboxylic acids is 2. The lowest BCUT2D eigenvalue weighted by atomic mass is 10.1. The van der Waals surface area contributed by atoms with Crippen LogP contribution in [0.15, 0.2) is 42.5 Å². The Balaban J connectivity index is 1.85. The Morgan fingerprint density at radius 1 is 1.04 bits per heavy atom. The molecule has 5 heteroatoms. The van der Waals surface area contributed by atoms with Gasteiger partial charge in [0, 0.05) is 24.3 Å². The third kappa shape index (κ3) is 5.34. The molecule has 0 heterocycles. The molecule has 2 rings (SSSR count). The minimum absolute atomic E-state index is 0.0759. The van der Waals surface area contributed by atoms with Gasteiger partial charge in [-0.25, -0.2) is 4.79 Å². The molecular formula is C21H26N2O3. The van der Waals surface area contributed by atoms with Crippen LogP contribution in [0.1, 0.15) is 41.8 Å². The molecule has 138 valence electrons. The van der Waals surface area contributed by atoms with Crippen LogP contribution in [0.25, 0.3) is 0 Å². The van der Waals surface area contributed by atoms with Crippen LogP contribution < -0.4 is 10.6 Å². The molecule has 2 N–H and O–H groups in total. The summed E-state index contributed by atoms with van der Waals surface area (Å²) in [4.78, 5) is 23.7. The Labute approximate surface area is 154 Å². The smallest absolute Gasteiger partial charge is 0.338 e. The van der Waals surface area contributed by atoms with Gasteiger partial charge in [-0.1, -0.05) is 25.1 Å². The van der Waals surface area contributed by atoms with Crippen molar-refractivity contribution in [3.05, 3.63) is 59.2 Å². The molecule has 1 amide bonds. The first-order valence-electron chi connectivity index (χ1n) is 8.94. The summed E-state index contributed by atoms with van der Waals surface area (Å²) in [6, 6.07) is 12.9. The van der Waals surface area contributed by atoms with Crippen molar-refractivity contribution in [2.24, 2.45) is 0 Å². The SMILES string of the molecule is CCOC(=O)c1ccc(NC(=O)CCNc2c(C)cccc2CC)cc1. The van der Waals surface area contributed by atoms with Gasteiger partial charge in [0.05, 0.1) is 12.2 Å². The van der Waals surface area contributed by atoms with Crippen LogP contribution in [0.4, 0.5) is 11.4 Å². The zero-order valence-electron chi connectivity index (χ0n) is 15.6. The largest absolute Gasteiger partial charge is 0.462 e. The van der Waals surface area contributed by atoms with Gasteiger partial charge in [0.25, 0.3) is 0 Å². The second kappa shape index (κ2) is 9.61. The van der Waals surface area contributed by atoms with Crippen LogP contribution in [-0.2, 0) is 16.0 Å². The molecule has 0 aliphatic carbocycles. The van der Waals surface area contributed by atoms with Gasteiger partial charge >= 0.3 is 5.97 Å². The van der Waals surface area contributed by atoms with E-state index in [0.717, 1.165) is 12.1 Å². The van der Waals surface area contributed by atoms with E-state index in [1.807, 2.05) is 6.07 Å². The van der Waals surface area contributed by atoms with Crippen LogP contribution in [0, 0.1) is 6.92 Å². The first kappa shape index (κ1) is 19.5. The molecule has 0 aromatic heterocycles. The molecule has 0 atom stereocenters. The van der Waals surface area contributed by atoms with Crippen molar-refractivity contribution in [1.82, 2.24) is 0 Å². The normalized spacial score (nSPS) is 10.3. The molecule has 0 aliphatic rings. The number of ether oxygens (including phenoxy) is 1. The summed E-state index contributed by atoms with van der Waals surface area (Å²) in [6.45, 7) is 6.84. The summed E-state index contributed by atoms with van der Waals surface area (Å²) in [5, 5.41) is 6.20. The van der Waals surface area contributed by atoms with Crippen LogP contribution in [0.3, 0.4) is 0 Å². The molecule has 0 unspecified atom stereocenters. The number of hydrogen-bond acceptors (Lipinski definition) is 4. The summed E-state index contributed by atoms with van der Waals surface area (Å²) in [5.74, 6) is -0.437. The molecular weight excluding hydrogens is 328 g/mol. The summed E-state index contributed by atoms with van der Waals surface area (Å²) in [5.41, 5.74) is 4.67. The number of benzene rings is 2. The van der Waals surface area contributed by atoms with Gasteiger partial charge in [-0.05, 0) is 55.7 Å². The van der Waals surface area contributed by atoms with Gasteiger partial charge in [-0.2, -0.15) is 0 Å². The molecule has 0 aliphatic heterocycles. The molecule has 0 saturated carbocycles. The second-order valence-electron chi connectivity index (χ2n) is 5.99. The highest BCUT2D eigenvalue weighted by molar-refractivity contribution is 5.93. The van der Waals surface area contributed by atoms with Crippen molar-refractivity contribution in [3.8, 4) is 0 Å². The first-order chi connectivity index (χ1) is 12.5. The lowest BCUT2D eigenvalue weighted by Crippen LogP contribution is -2.17. The molecule has 2 aromatic carbocycles. The molecule has 5 nitrogen and oxygen atoms in total. The zero-order valence-corrected chi connectivity index (χ0v) is 15.6. The number of rotatable bonds is 8. The first-order valence-corrected chi connectivity index (χ1v) is 8.94. The van der Waals surface area contributed by atoms with E-state index in [-0.39, 0.29) is 11.9 Å². The predicted molar refractivity (Wildman–Crippen MR) is 105 cm³/mol. The summed E-state index contributed by atoms with van der Waals surface area (Å²) in [6.07, 6.45) is 1.31. The Kier molecular flexibility index (Phi) is 7.21. The third-order valence-corrected chi connectivity index (χ3v) is 4.07. The van der Waals surface area contributed by atoms with E-state index in [0.29, 0.717) is 30.8 Å². The highest BCUT2D eigenvalue weighted by atomic mass is 16.5. The fourth-order valence-corrected chi connectivity index (χ4v) is 2.70. The fraction of sp³-hybridized carbons (Fsp3) is 0.333. The highest BCUT2D eigenvalue weighted by Gasteiger charge is 2.08. The molecule has 26 heavy (non-hydrogen) atoms. The van der Waals surface area contributed by atoms with Gasteiger partial charge in [-0.15, -0.1) is 0 Å². The van der Waals surface area contributed by atoms with Gasteiger partial charge in [-0.3, -0.25) is 4.79 Å². The molecule has 0 fully saturated rings. The number of hydrogen-bond donors (Lipinski definition) is 2. The maximum atomic E-state index is 12.1. The maximum absolute atomic E-state index is 12.1. The number of para-hydroxylation sites is 1. The minimum atomic E-state index is -0.362. The van der Waals surface area contributed by atoms with Gasteiger partial charge < -0.3 is 15.4 Å². The predicted octanol–water partition coefficient (Wildman–Crippen LogP) is 4.17. The molecule has 2 aromatic rings. The second-order valence-corrected chi connectivity index (χ2v) is 5.99. The minimum Gasteiger partial charge on any atom is -0.462 e. The summed E-state index contributed by atoms with van der Waals surface area (Å²) in [7, 11) is 0. The number of nitrogens with one attached hydrogen (secondary N) is 2. The van der Waals surface area contributed by atoms with E-state index in [1.165, 1.54) is 11.1 Å². The lowest BCUT2D eigenvalue weighted by molar-refractivity contribution is -0.115. The maximum Gasteiger partial charge on any atom is 0.338 e. The van der Waals surface area contributed by atoms with E-state index in [2.05, 4.69) is 36.6 Å². The quantitative estimate of drug-likeness (QED) is 0.698. The van der Waals surface area contributed by atoms with Crippen LogP contribution in [0.2, 0.25) is 0 Å². The highest BCUT2D eigenvalue weighted by Crippen LogP contribution is 2.21. The van der Waals surface area contributed by atoms with E-state index in [4.69, 9.17) is 4.74 Å². The van der Waals surface area contributed by atoms with Crippen LogP contribution in [-0.4, -0.2) is 25.0 Å². The summed E-state index contributed by atoms with van der Waals surface area (Å²) < 4.78 is 4.94. The average molecular weight is 354 g/mol. The topological polar surface area (TPSA) is 67.4 Å². The Bertz CT molecular complexity index is 754. The molecule has 0 radical (unpaired) electrons. The Hall–Kier alpha value is -2.82. The molecule has 0 spiro atoms. The van der Waals surface area contributed by atoms with Crippen molar-refractivity contribution in [2.45, 2.75) is 33.6 Å². The van der Waals surface area contributed by atoms with Crippen molar-refractivity contribution in [3.63, 3.8) is 0 Å². The summed E-state index contributed by atoms with van der Waals surface area (Å²) >= 11 is 0. The standard InChI is InChI=1S/C21H26N2O3/c1-4-16-8-6-7-15(3)20(16)22-14-13-19(24)23-18-11-9-17(10-12-18)21(25)26-5-2/h6-12,22H,4-5,13-14H2,1-3H3,(H,23,24). The number of carbonyl (C=O) groups is 2. The Morgan fingerprint density at radius 2 is 1.77 bits per heavy atom. The van der Waals surface area contributed by atoms with Crippen LogP contribution >= 0.6 is 0 Å². The molecule has 0 bridgehead atoms. The van der Waals surface area contributed by atoms with E-state index in [1.54, 1.807) is 31.2 Å². The molecule has 0 saturated heterocycles. The lowest BCUT2D eigenvalue weighted by Gasteiger charge is -2.14. The van der Waals surface area contributed by atoms with Crippen molar-refractivity contribution < 1.29 is 14.3 Å². The average Bonchev–Trinajstić information content (AvgIpc) is 2.63. The van der Waals surface area contributed by atoms with Crippen LogP contribution in [0.5, 0.6) is 0 Å². The van der Waals surface area contributed by atoms with Gasteiger partial charge in [0.1, 0.15) is 0 Å². The van der Waals surface area contributed by atoms with E-state index < -0.39 is 0 Å². The Morgan fingerprint density at radius 3 is 2.42 bits per heavy atom. The van der Waals surface area contributed by atoms with Crippen molar-refractivity contribution >= 4 is 23.3 Å². The number of esters is 1. The monoisotopic (exact) mass is 354 g/mol. The van der Waals surface area contributed by atoms with Gasteiger partial charge in [0.15, 0.2) is 0 Å². The van der Waals surface area contributed by atoms with E-state index in [9.17, 15) is 9.59 Å². The van der Waals surface area contributed by atoms with Crippen molar-refractivity contribution in [2.75, 3.05) is 23.8 Å². The van der Waals surface area contributed by atoms with Gasteiger partial charge in [0.2, 0.25) is 5.91 Å².